The van der Waals surface area contributed by atoms with E-state index in [4.69, 9.17) is 0 Å². The highest BCUT2D eigenvalue weighted by molar-refractivity contribution is 7.13. The van der Waals surface area contributed by atoms with Crippen LogP contribution in [0, 0.1) is 11.3 Å². The summed E-state index contributed by atoms with van der Waals surface area (Å²) >= 11 is 1.25. The van der Waals surface area contributed by atoms with E-state index in [0.717, 1.165) is 12.8 Å². The number of aliphatic carboxylic acids is 1. The van der Waals surface area contributed by atoms with Crippen molar-refractivity contribution in [1.29, 1.82) is 0 Å². The van der Waals surface area contributed by atoms with Gasteiger partial charge < -0.3 is 10.0 Å². The van der Waals surface area contributed by atoms with Crippen molar-refractivity contribution in [2.24, 2.45) is 11.3 Å². The van der Waals surface area contributed by atoms with Crippen LogP contribution in [0.1, 0.15) is 26.7 Å². The Morgan fingerprint density at radius 3 is 2.90 bits per heavy atom. The predicted octanol–water partition coefficient (Wildman–Crippen LogP) is 1.89. The maximum Gasteiger partial charge on any atom is 0.323 e. The number of carboxylic acid groups (broad SMARTS) is 1. The minimum absolute atomic E-state index is 0.0473. The van der Waals surface area contributed by atoms with Gasteiger partial charge in [0.05, 0.1) is 5.41 Å². The number of hydrogen-bond donors (Lipinski definition) is 2. The Morgan fingerprint density at radius 1 is 1.55 bits per heavy atom. The number of amides is 2. The number of aromatic nitrogens is 2. The van der Waals surface area contributed by atoms with Crippen LogP contribution in [-0.4, -0.2) is 45.3 Å². The van der Waals surface area contributed by atoms with Crippen LogP contribution >= 0.6 is 11.3 Å². The number of anilines is 1. The SMILES string of the molecule is CC(C)(C(=O)O)C1CCCN(C(=O)Nc2nncs2)C1. The van der Waals surface area contributed by atoms with Crippen LogP contribution in [0.4, 0.5) is 9.93 Å². The zero-order valence-corrected chi connectivity index (χ0v) is 12.3. The number of rotatable bonds is 3. The number of carboxylic acids is 1. The number of nitrogens with zero attached hydrogens (tertiary/aromatic N) is 3. The molecule has 1 fully saturated rings. The van der Waals surface area contributed by atoms with Crippen molar-refractivity contribution in [1.82, 2.24) is 15.1 Å². The molecule has 7 nitrogen and oxygen atoms in total. The van der Waals surface area contributed by atoms with E-state index in [-0.39, 0.29) is 11.9 Å². The van der Waals surface area contributed by atoms with Crippen molar-refractivity contribution in [2.75, 3.05) is 18.4 Å². The summed E-state index contributed by atoms with van der Waals surface area (Å²) in [5.74, 6) is -0.872. The summed E-state index contributed by atoms with van der Waals surface area (Å²) in [6.45, 7) is 4.51. The number of piperidine rings is 1. The molecule has 2 N–H and O–H groups in total. The molecule has 1 aliphatic rings. The van der Waals surface area contributed by atoms with Crippen LogP contribution in [0.5, 0.6) is 0 Å². The first kappa shape index (κ1) is 14.7. The van der Waals surface area contributed by atoms with Gasteiger partial charge in [0, 0.05) is 13.1 Å². The van der Waals surface area contributed by atoms with E-state index in [0.29, 0.717) is 18.2 Å². The van der Waals surface area contributed by atoms with Gasteiger partial charge in [0.1, 0.15) is 5.51 Å². The zero-order valence-electron chi connectivity index (χ0n) is 11.5. The maximum absolute atomic E-state index is 12.1. The smallest absolute Gasteiger partial charge is 0.323 e. The van der Waals surface area contributed by atoms with Crippen LogP contribution in [0.25, 0.3) is 0 Å². The topological polar surface area (TPSA) is 95.4 Å². The van der Waals surface area contributed by atoms with Crippen molar-refractivity contribution >= 4 is 28.5 Å². The molecule has 0 radical (unpaired) electrons. The zero-order chi connectivity index (χ0) is 14.8. The molecule has 110 valence electrons. The van der Waals surface area contributed by atoms with Crippen LogP contribution in [0.15, 0.2) is 5.51 Å². The molecule has 1 unspecified atom stereocenters. The summed E-state index contributed by atoms with van der Waals surface area (Å²) in [5, 5.41) is 19.8. The molecule has 2 heterocycles. The molecule has 2 rings (SSSR count). The highest BCUT2D eigenvalue weighted by Gasteiger charge is 2.40. The summed E-state index contributed by atoms with van der Waals surface area (Å²) in [7, 11) is 0. The summed E-state index contributed by atoms with van der Waals surface area (Å²) in [6.07, 6.45) is 1.63. The van der Waals surface area contributed by atoms with Crippen molar-refractivity contribution in [3.05, 3.63) is 5.51 Å². The van der Waals surface area contributed by atoms with Crippen LogP contribution in [0.3, 0.4) is 0 Å². The monoisotopic (exact) mass is 298 g/mol. The number of nitrogens with one attached hydrogen (secondary N) is 1. The highest BCUT2D eigenvalue weighted by Crippen LogP contribution is 2.34. The van der Waals surface area contributed by atoms with Gasteiger partial charge in [-0.05, 0) is 32.6 Å². The second-order valence-corrected chi connectivity index (χ2v) is 6.32. The number of likely N-dealkylation sites (tertiary alicyclic amines) is 1. The molecule has 0 bridgehead atoms. The molecule has 1 atom stereocenters. The first-order valence-electron chi connectivity index (χ1n) is 6.46. The number of hydrogen-bond acceptors (Lipinski definition) is 5. The second kappa shape index (κ2) is 5.74. The quantitative estimate of drug-likeness (QED) is 0.888. The molecule has 1 aromatic rings. The molecule has 0 spiro atoms. The van der Waals surface area contributed by atoms with Gasteiger partial charge in [-0.3, -0.25) is 10.1 Å². The lowest BCUT2D eigenvalue weighted by Gasteiger charge is -2.38. The van der Waals surface area contributed by atoms with Gasteiger partial charge in [0.2, 0.25) is 5.13 Å². The summed E-state index contributed by atoms with van der Waals surface area (Å²) in [4.78, 5) is 25.1. The first-order chi connectivity index (χ1) is 9.41. The summed E-state index contributed by atoms with van der Waals surface area (Å²) in [5.41, 5.74) is 0.712. The van der Waals surface area contributed by atoms with E-state index in [2.05, 4.69) is 15.5 Å². The van der Waals surface area contributed by atoms with E-state index < -0.39 is 11.4 Å². The van der Waals surface area contributed by atoms with Gasteiger partial charge in [-0.15, -0.1) is 10.2 Å². The van der Waals surface area contributed by atoms with Gasteiger partial charge in [0.25, 0.3) is 0 Å². The van der Waals surface area contributed by atoms with Gasteiger partial charge in [-0.1, -0.05) is 11.3 Å². The Bertz CT molecular complexity index is 489. The highest BCUT2D eigenvalue weighted by atomic mass is 32.1. The van der Waals surface area contributed by atoms with E-state index in [9.17, 15) is 14.7 Å². The van der Waals surface area contributed by atoms with Crippen molar-refractivity contribution in [3.8, 4) is 0 Å². The lowest BCUT2D eigenvalue weighted by molar-refractivity contribution is -0.151. The molecule has 0 aliphatic carbocycles. The van der Waals surface area contributed by atoms with Gasteiger partial charge in [-0.25, -0.2) is 4.79 Å². The third-order valence-corrected chi connectivity index (χ3v) is 4.46. The normalized spacial score (nSPS) is 19.7. The average Bonchev–Trinajstić information content (AvgIpc) is 2.91. The third-order valence-electron chi connectivity index (χ3n) is 3.85. The first-order valence-corrected chi connectivity index (χ1v) is 7.34. The van der Waals surface area contributed by atoms with E-state index in [1.54, 1.807) is 24.3 Å². The van der Waals surface area contributed by atoms with Crippen LogP contribution in [-0.2, 0) is 4.79 Å². The summed E-state index contributed by atoms with van der Waals surface area (Å²) < 4.78 is 0. The molecular formula is C12H18N4O3S. The third kappa shape index (κ3) is 3.06. The second-order valence-electron chi connectivity index (χ2n) is 5.49. The fourth-order valence-corrected chi connectivity index (χ4v) is 2.76. The van der Waals surface area contributed by atoms with Crippen molar-refractivity contribution < 1.29 is 14.7 Å². The molecule has 1 aromatic heterocycles. The minimum Gasteiger partial charge on any atom is -0.481 e. The average molecular weight is 298 g/mol. The Morgan fingerprint density at radius 2 is 2.30 bits per heavy atom. The van der Waals surface area contributed by atoms with Crippen molar-refractivity contribution in [3.63, 3.8) is 0 Å². The van der Waals surface area contributed by atoms with E-state index in [1.807, 2.05) is 0 Å². The molecule has 0 aromatic carbocycles. The number of urea groups is 1. The minimum atomic E-state index is -0.832. The lowest BCUT2D eigenvalue weighted by atomic mass is 9.74. The van der Waals surface area contributed by atoms with Gasteiger partial charge in [-0.2, -0.15) is 0 Å². The largest absolute Gasteiger partial charge is 0.481 e. The molecular weight excluding hydrogens is 280 g/mol. The van der Waals surface area contributed by atoms with Gasteiger partial charge in [0.15, 0.2) is 0 Å². The van der Waals surface area contributed by atoms with Gasteiger partial charge >= 0.3 is 12.0 Å². The predicted molar refractivity (Wildman–Crippen MR) is 74.6 cm³/mol. The fraction of sp³-hybridized carbons (Fsp3) is 0.667. The van der Waals surface area contributed by atoms with Crippen LogP contribution < -0.4 is 5.32 Å². The van der Waals surface area contributed by atoms with E-state index in [1.165, 1.54) is 11.3 Å². The Hall–Kier alpha value is -1.70. The lowest BCUT2D eigenvalue weighted by Crippen LogP contribution is -2.48. The molecule has 1 saturated heterocycles. The fourth-order valence-electron chi connectivity index (χ4n) is 2.32. The molecule has 20 heavy (non-hydrogen) atoms. The molecule has 1 aliphatic heterocycles. The molecule has 2 amide bonds. The standard InChI is InChI=1S/C12H18N4O3S/c1-12(2,9(17)18)8-4-3-5-16(6-8)11(19)14-10-15-13-7-20-10/h7-8H,3-6H2,1-2H3,(H,17,18)(H,14,15,19). The number of carbonyl (C=O) groups is 2. The maximum atomic E-state index is 12.1. The number of carbonyl (C=O) groups excluding carboxylic acids is 1. The Balaban J connectivity index is 2.00. The Kier molecular flexibility index (Phi) is 4.22. The Labute approximate surface area is 121 Å². The molecule has 8 heteroatoms. The van der Waals surface area contributed by atoms with E-state index >= 15 is 0 Å². The van der Waals surface area contributed by atoms with Crippen molar-refractivity contribution in [2.45, 2.75) is 26.7 Å². The summed E-state index contributed by atoms with van der Waals surface area (Å²) in [6, 6.07) is -0.243. The molecule has 0 saturated carbocycles. The van der Waals surface area contributed by atoms with Crippen LogP contribution in [0.2, 0.25) is 0 Å².